The molecule has 1 N–H and O–H groups in total. The van der Waals surface area contributed by atoms with Gasteiger partial charge in [-0.1, -0.05) is 0 Å². The van der Waals surface area contributed by atoms with Gasteiger partial charge in [0.1, 0.15) is 6.04 Å². The van der Waals surface area contributed by atoms with Crippen LogP contribution >= 0.6 is 39.0 Å². The van der Waals surface area contributed by atoms with Crippen molar-refractivity contribution < 1.29 is 14.3 Å². The number of carboxylic acids is 1. The minimum absolute atomic E-state index is 0.372. The van der Waals surface area contributed by atoms with Gasteiger partial charge in [-0.15, -0.1) is 21.5 Å². The molecule has 9 heteroatoms. The summed E-state index contributed by atoms with van der Waals surface area (Å²) in [6.45, 7) is 1.08. The van der Waals surface area contributed by atoms with Crippen molar-refractivity contribution >= 4 is 45.0 Å². The molecular weight excluding hydrogens is 378 g/mol. The number of hydrogen-bond donors (Lipinski definition) is 1. The third-order valence-corrected chi connectivity index (χ3v) is 5.75. The lowest BCUT2D eigenvalue weighted by Gasteiger charge is -2.31. The predicted molar refractivity (Wildman–Crippen MR) is 84.5 cm³/mol. The minimum Gasteiger partial charge on any atom is -0.480 e. The molecular formula is C12H12BrN3O3S2. The van der Waals surface area contributed by atoms with E-state index >= 15 is 0 Å². The zero-order valence-corrected chi connectivity index (χ0v) is 14.1. The molecule has 0 spiro atoms. The third kappa shape index (κ3) is 3.47. The molecule has 1 atom stereocenters. The summed E-state index contributed by atoms with van der Waals surface area (Å²) in [6.07, 6.45) is 0. The second-order valence-corrected chi connectivity index (χ2v) is 8.12. The molecule has 0 bridgehead atoms. The van der Waals surface area contributed by atoms with Gasteiger partial charge in [0, 0.05) is 18.1 Å². The van der Waals surface area contributed by atoms with Crippen molar-refractivity contribution in [1.29, 1.82) is 0 Å². The van der Waals surface area contributed by atoms with E-state index in [2.05, 4.69) is 26.1 Å². The summed E-state index contributed by atoms with van der Waals surface area (Å²) in [6, 6.07) is 3.34. The number of rotatable bonds is 4. The summed E-state index contributed by atoms with van der Waals surface area (Å²) in [5.74, 6) is 1.63. The molecule has 0 amide bonds. The first-order valence-corrected chi connectivity index (χ1v) is 9.02. The maximum Gasteiger partial charge on any atom is 0.321 e. The lowest BCUT2D eigenvalue weighted by atomic mass is 10.2. The monoisotopic (exact) mass is 389 g/mol. The molecule has 2 aromatic heterocycles. The van der Waals surface area contributed by atoms with Gasteiger partial charge in [-0.05, 0) is 28.1 Å². The quantitative estimate of drug-likeness (QED) is 0.860. The Morgan fingerprint density at radius 1 is 1.52 bits per heavy atom. The third-order valence-electron chi connectivity index (χ3n) is 3.11. The summed E-state index contributed by atoms with van der Waals surface area (Å²) >= 11 is 6.57. The molecule has 0 aromatic carbocycles. The van der Waals surface area contributed by atoms with Crippen LogP contribution in [0.2, 0.25) is 0 Å². The maximum absolute atomic E-state index is 11.3. The highest BCUT2D eigenvalue weighted by Crippen LogP contribution is 2.30. The van der Waals surface area contributed by atoms with Crippen LogP contribution in [-0.2, 0) is 11.3 Å². The molecule has 1 fully saturated rings. The zero-order chi connectivity index (χ0) is 14.8. The Morgan fingerprint density at radius 2 is 2.38 bits per heavy atom. The van der Waals surface area contributed by atoms with Crippen LogP contribution in [-0.4, -0.2) is 50.3 Å². The Hall–Kier alpha value is -0.900. The predicted octanol–water partition coefficient (Wildman–Crippen LogP) is 2.56. The van der Waals surface area contributed by atoms with Crippen molar-refractivity contribution in [3.63, 3.8) is 0 Å². The fourth-order valence-corrected chi connectivity index (χ4v) is 4.49. The summed E-state index contributed by atoms with van der Waals surface area (Å²) in [5, 5.41) is 17.3. The Kier molecular flexibility index (Phi) is 4.63. The van der Waals surface area contributed by atoms with Crippen LogP contribution in [0.5, 0.6) is 0 Å². The molecule has 1 unspecified atom stereocenters. The van der Waals surface area contributed by atoms with Gasteiger partial charge in [-0.2, -0.15) is 11.8 Å². The molecule has 1 aliphatic heterocycles. The highest BCUT2D eigenvalue weighted by Gasteiger charge is 2.30. The first-order valence-electron chi connectivity index (χ1n) is 6.26. The molecule has 6 nitrogen and oxygen atoms in total. The van der Waals surface area contributed by atoms with E-state index in [-0.39, 0.29) is 0 Å². The average molecular weight is 390 g/mol. The number of aliphatic carboxylic acids is 1. The molecule has 3 heterocycles. The van der Waals surface area contributed by atoms with E-state index in [1.807, 2.05) is 17.0 Å². The number of halogens is 1. The van der Waals surface area contributed by atoms with E-state index in [0.29, 0.717) is 30.6 Å². The number of thiophene rings is 1. The van der Waals surface area contributed by atoms with Crippen LogP contribution in [0, 0.1) is 0 Å². The van der Waals surface area contributed by atoms with Crippen LogP contribution in [0.15, 0.2) is 20.3 Å². The fourth-order valence-electron chi connectivity index (χ4n) is 2.07. The van der Waals surface area contributed by atoms with Gasteiger partial charge in [0.05, 0.1) is 15.2 Å². The maximum atomic E-state index is 11.3. The number of nitrogens with zero attached hydrogens (tertiary/aromatic N) is 3. The molecule has 1 saturated heterocycles. The van der Waals surface area contributed by atoms with Gasteiger partial charge in [0.2, 0.25) is 5.89 Å². The first kappa shape index (κ1) is 15.0. The second kappa shape index (κ2) is 6.47. The zero-order valence-electron chi connectivity index (χ0n) is 10.9. The highest BCUT2D eigenvalue weighted by atomic mass is 79.9. The molecule has 21 heavy (non-hydrogen) atoms. The van der Waals surface area contributed by atoms with E-state index < -0.39 is 12.0 Å². The summed E-state index contributed by atoms with van der Waals surface area (Å²) in [7, 11) is 0. The number of aromatic nitrogens is 2. The Balaban J connectivity index is 1.73. The van der Waals surface area contributed by atoms with E-state index in [9.17, 15) is 9.90 Å². The van der Waals surface area contributed by atoms with E-state index in [4.69, 9.17) is 4.42 Å². The van der Waals surface area contributed by atoms with Crippen molar-refractivity contribution in [1.82, 2.24) is 15.1 Å². The summed E-state index contributed by atoms with van der Waals surface area (Å²) in [4.78, 5) is 14.0. The smallest absolute Gasteiger partial charge is 0.321 e. The van der Waals surface area contributed by atoms with E-state index in [1.54, 1.807) is 11.8 Å². The van der Waals surface area contributed by atoms with Crippen LogP contribution in [0.3, 0.4) is 0 Å². The molecule has 3 rings (SSSR count). The molecule has 0 radical (unpaired) electrons. The lowest BCUT2D eigenvalue weighted by molar-refractivity contribution is -0.142. The van der Waals surface area contributed by atoms with Crippen LogP contribution < -0.4 is 0 Å². The van der Waals surface area contributed by atoms with Gasteiger partial charge in [-0.3, -0.25) is 9.69 Å². The largest absolute Gasteiger partial charge is 0.480 e. The standard InChI is InChI=1S/C12H12BrN3O3S2/c13-9-2-1-8(21-9)11-15-14-10(19-11)5-16-3-4-20-6-7(16)12(17)18/h1-2,7H,3-6H2,(H,17,18). The minimum atomic E-state index is -0.802. The SMILES string of the molecule is O=C(O)C1CSCCN1Cc1nnc(-c2ccc(Br)s2)o1. The topological polar surface area (TPSA) is 79.5 Å². The van der Waals surface area contributed by atoms with Crippen LogP contribution in [0.4, 0.5) is 0 Å². The van der Waals surface area contributed by atoms with Crippen molar-refractivity contribution in [2.75, 3.05) is 18.1 Å². The summed E-state index contributed by atoms with van der Waals surface area (Å²) in [5.41, 5.74) is 0. The van der Waals surface area contributed by atoms with Crippen LogP contribution in [0.25, 0.3) is 10.8 Å². The van der Waals surface area contributed by atoms with Gasteiger partial charge >= 0.3 is 5.97 Å². The van der Waals surface area contributed by atoms with Gasteiger partial charge < -0.3 is 9.52 Å². The van der Waals surface area contributed by atoms with E-state index in [0.717, 1.165) is 14.4 Å². The highest BCUT2D eigenvalue weighted by molar-refractivity contribution is 9.11. The number of thioether (sulfide) groups is 1. The summed E-state index contributed by atoms with van der Waals surface area (Å²) < 4.78 is 6.64. The van der Waals surface area contributed by atoms with Crippen molar-refractivity contribution in [2.24, 2.45) is 0 Å². The molecule has 0 saturated carbocycles. The number of carboxylic acid groups (broad SMARTS) is 1. The van der Waals surface area contributed by atoms with Crippen LogP contribution in [0.1, 0.15) is 5.89 Å². The van der Waals surface area contributed by atoms with Gasteiger partial charge in [0.25, 0.3) is 5.89 Å². The Labute approximate surface area is 137 Å². The lowest BCUT2D eigenvalue weighted by Crippen LogP contribution is -2.46. The molecule has 0 aliphatic carbocycles. The Morgan fingerprint density at radius 3 is 3.10 bits per heavy atom. The Bertz CT molecular complexity index is 645. The molecule has 1 aliphatic rings. The van der Waals surface area contributed by atoms with Crippen molar-refractivity contribution in [3.05, 3.63) is 21.8 Å². The number of carbonyl (C=O) groups is 1. The van der Waals surface area contributed by atoms with Gasteiger partial charge in [-0.25, -0.2) is 0 Å². The second-order valence-electron chi connectivity index (χ2n) is 4.50. The molecule has 2 aromatic rings. The van der Waals surface area contributed by atoms with Crippen molar-refractivity contribution in [2.45, 2.75) is 12.6 Å². The molecule has 112 valence electrons. The first-order chi connectivity index (χ1) is 10.1. The fraction of sp³-hybridized carbons (Fsp3) is 0.417. The average Bonchev–Trinajstić information content (AvgIpc) is 3.08. The van der Waals surface area contributed by atoms with Gasteiger partial charge in [0.15, 0.2) is 0 Å². The van der Waals surface area contributed by atoms with Crippen molar-refractivity contribution in [3.8, 4) is 10.8 Å². The number of hydrogen-bond acceptors (Lipinski definition) is 7. The van der Waals surface area contributed by atoms with E-state index in [1.165, 1.54) is 11.3 Å². The normalized spacial score (nSPS) is 19.8.